The number of nitrogens with zero attached hydrogens (tertiary/aromatic N) is 1. The van der Waals surface area contributed by atoms with Crippen LogP contribution in [0.1, 0.15) is 24.0 Å². The van der Waals surface area contributed by atoms with Gasteiger partial charge in [-0.2, -0.15) is 0 Å². The summed E-state index contributed by atoms with van der Waals surface area (Å²) in [5, 5.41) is 12.5. The topological polar surface area (TPSA) is 69.6 Å². The first kappa shape index (κ1) is 13.8. The van der Waals surface area contributed by atoms with E-state index in [1.807, 2.05) is 31.2 Å². The summed E-state index contributed by atoms with van der Waals surface area (Å²) in [5.41, 5.74) is 3.61. The summed E-state index contributed by atoms with van der Waals surface area (Å²) in [6.07, 6.45) is 0. The van der Waals surface area contributed by atoms with Crippen molar-refractivity contribution in [1.29, 1.82) is 0 Å². The molecule has 0 aliphatic carbocycles. The standard InChI is InChI=1S/C16H18N2O3/c1-10(12-6-17-7-12)15(19)18-8-11-4-2-3-5-13(11)14(9-18)16(20)21/h2-5,14,17H,6-9H2,1H3,(H,20,21). The number of carboxylic acid groups (broad SMARTS) is 1. The number of rotatable bonds is 2. The number of hydrogen-bond donors (Lipinski definition) is 2. The van der Waals surface area contributed by atoms with Crippen LogP contribution in [-0.2, 0) is 16.1 Å². The number of amides is 1. The van der Waals surface area contributed by atoms with Gasteiger partial charge < -0.3 is 15.3 Å². The van der Waals surface area contributed by atoms with Crippen LogP contribution in [0.25, 0.3) is 0 Å². The zero-order valence-corrected chi connectivity index (χ0v) is 11.9. The van der Waals surface area contributed by atoms with Gasteiger partial charge in [0, 0.05) is 31.8 Å². The molecule has 0 bridgehead atoms. The maximum Gasteiger partial charge on any atom is 0.312 e. The monoisotopic (exact) mass is 286 g/mol. The van der Waals surface area contributed by atoms with E-state index in [2.05, 4.69) is 5.32 Å². The Morgan fingerprint density at radius 3 is 2.62 bits per heavy atom. The highest BCUT2D eigenvalue weighted by Crippen LogP contribution is 2.29. The minimum Gasteiger partial charge on any atom is -0.481 e. The van der Waals surface area contributed by atoms with Crippen LogP contribution in [0, 0.1) is 0 Å². The van der Waals surface area contributed by atoms with Crippen molar-refractivity contribution in [3.05, 3.63) is 46.5 Å². The third-order valence-electron chi connectivity index (χ3n) is 4.31. The Hall–Kier alpha value is -2.14. The number of nitrogens with one attached hydrogen (secondary N) is 1. The zero-order chi connectivity index (χ0) is 15.0. The van der Waals surface area contributed by atoms with Crippen molar-refractivity contribution < 1.29 is 14.7 Å². The van der Waals surface area contributed by atoms with Crippen LogP contribution in [-0.4, -0.2) is 41.5 Å². The second-order valence-electron chi connectivity index (χ2n) is 5.61. The van der Waals surface area contributed by atoms with Gasteiger partial charge in [0.25, 0.3) is 0 Å². The first-order valence-electron chi connectivity index (χ1n) is 7.07. The van der Waals surface area contributed by atoms with Gasteiger partial charge in [0.05, 0.1) is 5.92 Å². The first-order chi connectivity index (χ1) is 10.1. The van der Waals surface area contributed by atoms with E-state index in [0.717, 1.165) is 35.4 Å². The summed E-state index contributed by atoms with van der Waals surface area (Å²) in [6, 6.07) is 7.47. The highest BCUT2D eigenvalue weighted by atomic mass is 16.4. The van der Waals surface area contributed by atoms with Crippen molar-refractivity contribution in [3.8, 4) is 0 Å². The van der Waals surface area contributed by atoms with E-state index in [-0.39, 0.29) is 12.5 Å². The first-order valence-corrected chi connectivity index (χ1v) is 7.07. The van der Waals surface area contributed by atoms with E-state index in [1.165, 1.54) is 0 Å². The lowest BCUT2D eigenvalue weighted by molar-refractivity contribution is -0.140. The zero-order valence-electron chi connectivity index (χ0n) is 11.9. The molecule has 1 atom stereocenters. The van der Waals surface area contributed by atoms with E-state index < -0.39 is 11.9 Å². The smallest absolute Gasteiger partial charge is 0.312 e. The SMILES string of the molecule is CC(C(=O)N1Cc2ccccc2C(C(=O)O)C1)=C1CNC1. The molecule has 0 aromatic heterocycles. The van der Waals surface area contributed by atoms with Gasteiger partial charge in [-0.25, -0.2) is 0 Å². The molecule has 1 saturated heterocycles. The Kier molecular flexibility index (Phi) is 3.51. The fourth-order valence-electron chi connectivity index (χ4n) is 2.88. The quantitative estimate of drug-likeness (QED) is 0.799. The lowest BCUT2D eigenvalue weighted by Crippen LogP contribution is -2.43. The van der Waals surface area contributed by atoms with Gasteiger partial charge in [-0.1, -0.05) is 24.3 Å². The molecule has 1 aromatic rings. The lowest BCUT2D eigenvalue weighted by Gasteiger charge is -2.34. The molecule has 2 aliphatic rings. The number of benzene rings is 1. The Morgan fingerprint density at radius 2 is 2.00 bits per heavy atom. The molecule has 110 valence electrons. The molecular formula is C16H18N2O3. The highest BCUT2D eigenvalue weighted by molar-refractivity contribution is 5.94. The average molecular weight is 286 g/mol. The van der Waals surface area contributed by atoms with Crippen molar-refractivity contribution >= 4 is 11.9 Å². The van der Waals surface area contributed by atoms with Gasteiger partial charge in [-0.05, 0) is 23.6 Å². The Bertz CT molecular complexity index is 630. The fraction of sp³-hybridized carbons (Fsp3) is 0.375. The minimum atomic E-state index is -0.879. The molecule has 21 heavy (non-hydrogen) atoms. The van der Waals surface area contributed by atoms with E-state index in [1.54, 1.807) is 4.90 Å². The number of aliphatic carboxylic acids is 1. The van der Waals surface area contributed by atoms with Gasteiger partial charge in [-0.15, -0.1) is 0 Å². The lowest BCUT2D eigenvalue weighted by atomic mass is 9.89. The van der Waals surface area contributed by atoms with Gasteiger partial charge in [0.1, 0.15) is 0 Å². The molecule has 5 heteroatoms. The molecule has 0 saturated carbocycles. The number of hydrogen-bond acceptors (Lipinski definition) is 3. The summed E-state index contributed by atoms with van der Waals surface area (Å²) in [4.78, 5) is 25.7. The Balaban J connectivity index is 1.89. The number of fused-ring (bicyclic) bond motifs is 1. The fourth-order valence-corrected chi connectivity index (χ4v) is 2.88. The second kappa shape index (κ2) is 5.33. The molecule has 5 nitrogen and oxygen atoms in total. The molecule has 0 spiro atoms. The maximum absolute atomic E-state index is 12.6. The average Bonchev–Trinajstić information content (AvgIpc) is 2.43. The number of carbonyl (C=O) groups is 2. The van der Waals surface area contributed by atoms with Gasteiger partial charge >= 0.3 is 5.97 Å². The summed E-state index contributed by atoms with van der Waals surface area (Å²) < 4.78 is 0. The Morgan fingerprint density at radius 1 is 1.29 bits per heavy atom. The van der Waals surface area contributed by atoms with Crippen LogP contribution < -0.4 is 5.32 Å². The number of carbonyl (C=O) groups excluding carboxylic acids is 1. The largest absolute Gasteiger partial charge is 0.481 e. The summed E-state index contributed by atoms with van der Waals surface area (Å²) in [7, 11) is 0. The highest BCUT2D eigenvalue weighted by Gasteiger charge is 2.33. The van der Waals surface area contributed by atoms with E-state index >= 15 is 0 Å². The third kappa shape index (κ3) is 2.45. The third-order valence-corrected chi connectivity index (χ3v) is 4.31. The van der Waals surface area contributed by atoms with Gasteiger partial charge in [0.2, 0.25) is 5.91 Å². The van der Waals surface area contributed by atoms with E-state index in [9.17, 15) is 14.7 Å². The van der Waals surface area contributed by atoms with Crippen molar-refractivity contribution in [2.24, 2.45) is 0 Å². The molecule has 1 aromatic carbocycles. The van der Waals surface area contributed by atoms with Crippen LogP contribution in [0.5, 0.6) is 0 Å². The molecule has 2 aliphatic heterocycles. The minimum absolute atomic E-state index is 0.0488. The molecular weight excluding hydrogens is 268 g/mol. The predicted molar refractivity (Wildman–Crippen MR) is 77.8 cm³/mol. The van der Waals surface area contributed by atoms with E-state index in [4.69, 9.17) is 0 Å². The molecule has 3 rings (SSSR count). The number of carboxylic acids is 1. The molecule has 1 fully saturated rings. The van der Waals surface area contributed by atoms with Crippen molar-refractivity contribution in [3.63, 3.8) is 0 Å². The Labute approximate surface area is 123 Å². The van der Waals surface area contributed by atoms with Crippen molar-refractivity contribution in [2.45, 2.75) is 19.4 Å². The van der Waals surface area contributed by atoms with Crippen LogP contribution in [0.2, 0.25) is 0 Å². The van der Waals surface area contributed by atoms with Crippen molar-refractivity contribution in [1.82, 2.24) is 10.2 Å². The van der Waals surface area contributed by atoms with Crippen LogP contribution in [0.4, 0.5) is 0 Å². The normalized spacial score (nSPS) is 20.5. The van der Waals surface area contributed by atoms with Crippen LogP contribution in [0.15, 0.2) is 35.4 Å². The van der Waals surface area contributed by atoms with Crippen LogP contribution >= 0.6 is 0 Å². The van der Waals surface area contributed by atoms with Gasteiger partial charge in [0.15, 0.2) is 0 Å². The van der Waals surface area contributed by atoms with Crippen LogP contribution in [0.3, 0.4) is 0 Å². The summed E-state index contributed by atoms with van der Waals surface area (Å²) >= 11 is 0. The molecule has 0 radical (unpaired) electrons. The van der Waals surface area contributed by atoms with E-state index in [0.29, 0.717) is 6.54 Å². The molecule has 2 heterocycles. The maximum atomic E-state index is 12.6. The summed E-state index contributed by atoms with van der Waals surface area (Å²) in [5.74, 6) is -1.57. The second-order valence-corrected chi connectivity index (χ2v) is 5.61. The molecule has 1 amide bonds. The molecule has 1 unspecified atom stereocenters. The molecule has 2 N–H and O–H groups in total. The predicted octanol–water partition coefficient (Wildman–Crippen LogP) is 1.12. The van der Waals surface area contributed by atoms with Gasteiger partial charge in [-0.3, -0.25) is 9.59 Å². The summed E-state index contributed by atoms with van der Waals surface area (Å²) in [6.45, 7) is 4.06. The van der Waals surface area contributed by atoms with Crippen molar-refractivity contribution in [2.75, 3.05) is 19.6 Å².